The SMILES string of the molecule is c1cnc(-c2nc(C3CC3)no2)cn1. The smallest absolute Gasteiger partial charge is 0.278 e. The number of hydrogen-bond donors (Lipinski definition) is 0. The van der Waals surface area contributed by atoms with E-state index in [-0.39, 0.29) is 0 Å². The van der Waals surface area contributed by atoms with Crippen molar-refractivity contribution < 1.29 is 4.52 Å². The van der Waals surface area contributed by atoms with Crippen LogP contribution in [0.2, 0.25) is 0 Å². The van der Waals surface area contributed by atoms with Crippen molar-refractivity contribution in [2.45, 2.75) is 18.8 Å². The number of aromatic nitrogens is 4. The van der Waals surface area contributed by atoms with Crippen molar-refractivity contribution in [3.05, 3.63) is 24.4 Å². The molecule has 1 fully saturated rings. The lowest BCUT2D eigenvalue weighted by molar-refractivity contribution is 0.421. The van der Waals surface area contributed by atoms with E-state index < -0.39 is 0 Å². The van der Waals surface area contributed by atoms with Crippen LogP contribution in [0.25, 0.3) is 11.6 Å². The molecule has 0 saturated heterocycles. The fraction of sp³-hybridized carbons (Fsp3) is 0.333. The molecular formula is C9H8N4O. The summed E-state index contributed by atoms with van der Waals surface area (Å²) in [6, 6.07) is 0. The molecule has 0 radical (unpaired) electrons. The van der Waals surface area contributed by atoms with Crippen molar-refractivity contribution in [1.29, 1.82) is 0 Å². The molecule has 0 bridgehead atoms. The Balaban J connectivity index is 1.96. The lowest BCUT2D eigenvalue weighted by Crippen LogP contribution is -1.85. The zero-order valence-corrected chi connectivity index (χ0v) is 7.42. The first-order chi connectivity index (χ1) is 6.93. The van der Waals surface area contributed by atoms with Crippen molar-refractivity contribution in [2.75, 3.05) is 0 Å². The minimum Gasteiger partial charge on any atom is -0.332 e. The maximum Gasteiger partial charge on any atom is 0.278 e. The summed E-state index contributed by atoms with van der Waals surface area (Å²) in [6.07, 6.45) is 7.17. The van der Waals surface area contributed by atoms with Crippen LogP contribution in [-0.4, -0.2) is 20.1 Å². The molecule has 2 heterocycles. The van der Waals surface area contributed by atoms with Gasteiger partial charge in [-0.3, -0.25) is 4.98 Å². The van der Waals surface area contributed by atoms with Gasteiger partial charge in [-0.25, -0.2) is 4.98 Å². The van der Waals surface area contributed by atoms with E-state index in [0.717, 1.165) is 5.82 Å². The Labute approximate surface area is 80.2 Å². The van der Waals surface area contributed by atoms with Crippen molar-refractivity contribution in [1.82, 2.24) is 20.1 Å². The third-order valence-electron chi connectivity index (χ3n) is 2.17. The molecule has 1 aliphatic rings. The minimum absolute atomic E-state index is 0.458. The standard InChI is InChI=1S/C9H8N4O/c1-2-6(1)8-12-9(14-13-8)7-5-10-3-4-11-7/h3-6H,1-2H2. The summed E-state index contributed by atoms with van der Waals surface area (Å²) >= 11 is 0. The molecule has 14 heavy (non-hydrogen) atoms. The van der Waals surface area contributed by atoms with Gasteiger partial charge in [-0.1, -0.05) is 5.16 Å². The molecule has 70 valence electrons. The van der Waals surface area contributed by atoms with Crippen molar-refractivity contribution >= 4 is 0 Å². The third-order valence-corrected chi connectivity index (χ3v) is 2.17. The van der Waals surface area contributed by atoms with E-state index in [4.69, 9.17) is 4.52 Å². The average molecular weight is 188 g/mol. The topological polar surface area (TPSA) is 64.7 Å². The van der Waals surface area contributed by atoms with Crippen LogP contribution in [-0.2, 0) is 0 Å². The summed E-state index contributed by atoms with van der Waals surface area (Å²) in [4.78, 5) is 12.3. The van der Waals surface area contributed by atoms with Gasteiger partial charge in [0.25, 0.3) is 5.89 Å². The Morgan fingerprint density at radius 2 is 2.21 bits per heavy atom. The fourth-order valence-corrected chi connectivity index (χ4v) is 1.26. The lowest BCUT2D eigenvalue weighted by Gasteiger charge is -1.88. The molecule has 0 atom stereocenters. The molecule has 5 nitrogen and oxygen atoms in total. The predicted molar refractivity (Wildman–Crippen MR) is 47.3 cm³/mol. The quantitative estimate of drug-likeness (QED) is 0.712. The molecule has 0 N–H and O–H groups in total. The maximum absolute atomic E-state index is 5.09. The summed E-state index contributed by atoms with van der Waals surface area (Å²) in [5, 5.41) is 3.90. The van der Waals surface area contributed by atoms with E-state index in [1.165, 1.54) is 12.8 Å². The van der Waals surface area contributed by atoms with Crippen LogP contribution < -0.4 is 0 Å². The van der Waals surface area contributed by atoms with Gasteiger partial charge in [0.15, 0.2) is 5.82 Å². The van der Waals surface area contributed by atoms with Crippen LogP contribution in [0.3, 0.4) is 0 Å². The summed E-state index contributed by atoms with van der Waals surface area (Å²) in [5.41, 5.74) is 0.631. The zero-order chi connectivity index (χ0) is 9.38. The molecular weight excluding hydrogens is 180 g/mol. The first kappa shape index (κ1) is 7.61. The number of nitrogens with zero attached hydrogens (tertiary/aromatic N) is 4. The van der Waals surface area contributed by atoms with E-state index in [1.54, 1.807) is 18.6 Å². The third kappa shape index (κ3) is 1.26. The van der Waals surface area contributed by atoms with Crippen molar-refractivity contribution in [3.8, 4) is 11.6 Å². The summed E-state index contributed by atoms with van der Waals surface area (Å²) < 4.78 is 5.09. The van der Waals surface area contributed by atoms with Crippen LogP contribution in [0.4, 0.5) is 0 Å². The molecule has 0 aliphatic heterocycles. The van der Waals surface area contributed by atoms with E-state index >= 15 is 0 Å². The largest absolute Gasteiger partial charge is 0.332 e. The highest BCUT2D eigenvalue weighted by atomic mass is 16.5. The van der Waals surface area contributed by atoms with Crippen LogP contribution in [0.15, 0.2) is 23.1 Å². The van der Waals surface area contributed by atoms with Gasteiger partial charge in [-0.2, -0.15) is 4.98 Å². The number of hydrogen-bond acceptors (Lipinski definition) is 5. The number of rotatable bonds is 2. The van der Waals surface area contributed by atoms with Crippen LogP contribution in [0.5, 0.6) is 0 Å². The molecule has 0 unspecified atom stereocenters. The van der Waals surface area contributed by atoms with Gasteiger partial charge in [0.05, 0.1) is 6.20 Å². The zero-order valence-electron chi connectivity index (χ0n) is 7.42. The molecule has 0 spiro atoms. The predicted octanol–water partition coefficient (Wildman–Crippen LogP) is 1.40. The second kappa shape index (κ2) is 2.87. The van der Waals surface area contributed by atoms with Gasteiger partial charge in [0.1, 0.15) is 5.69 Å². The normalized spacial score (nSPS) is 15.7. The summed E-state index contributed by atoms with van der Waals surface area (Å²) in [7, 11) is 0. The van der Waals surface area contributed by atoms with E-state index in [1.807, 2.05) is 0 Å². The Morgan fingerprint density at radius 3 is 2.93 bits per heavy atom. The van der Waals surface area contributed by atoms with Crippen LogP contribution >= 0.6 is 0 Å². The Hall–Kier alpha value is -1.78. The van der Waals surface area contributed by atoms with Gasteiger partial charge < -0.3 is 4.52 Å². The first-order valence-electron chi connectivity index (χ1n) is 4.53. The van der Waals surface area contributed by atoms with Gasteiger partial charge in [-0.05, 0) is 12.8 Å². The van der Waals surface area contributed by atoms with Gasteiger partial charge in [0.2, 0.25) is 0 Å². The fourth-order valence-electron chi connectivity index (χ4n) is 1.26. The molecule has 1 saturated carbocycles. The van der Waals surface area contributed by atoms with E-state index in [9.17, 15) is 0 Å². The minimum atomic E-state index is 0.458. The Morgan fingerprint density at radius 1 is 1.29 bits per heavy atom. The highest BCUT2D eigenvalue weighted by molar-refractivity contribution is 5.43. The monoisotopic (exact) mass is 188 g/mol. The maximum atomic E-state index is 5.09. The first-order valence-corrected chi connectivity index (χ1v) is 4.53. The summed E-state index contributed by atoms with van der Waals surface area (Å²) in [5.74, 6) is 1.76. The van der Waals surface area contributed by atoms with Crippen molar-refractivity contribution in [3.63, 3.8) is 0 Å². The van der Waals surface area contributed by atoms with Crippen LogP contribution in [0, 0.1) is 0 Å². The molecule has 1 aliphatic carbocycles. The average Bonchev–Trinajstić information content (AvgIpc) is 2.98. The van der Waals surface area contributed by atoms with E-state index in [2.05, 4.69) is 20.1 Å². The molecule has 3 rings (SSSR count). The molecule has 2 aromatic rings. The second-order valence-corrected chi connectivity index (χ2v) is 3.32. The van der Waals surface area contributed by atoms with Crippen molar-refractivity contribution in [2.24, 2.45) is 0 Å². The second-order valence-electron chi connectivity index (χ2n) is 3.32. The van der Waals surface area contributed by atoms with Crippen LogP contribution in [0.1, 0.15) is 24.6 Å². The lowest BCUT2D eigenvalue weighted by atomic mass is 10.4. The Kier molecular flexibility index (Phi) is 1.56. The van der Waals surface area contributed by atoms with E-state index in [0.29, 0.717) is 17.5 Å². The van der Waals surface area contributed by atoms with Gasteiger partial charge >= 0.3 is 0 Å². The highest BCUT2D eigenvalue weighted by Gasteiger charge is 2.29. The van der Waals surface area contributed by atoms with Gasteiger partial charge in [-0.15, -0.1) is 0 Å². The molecule has 5 heteroatoms. The highest BCUT2D eigenvalue weighted by Crippen LogP contribution is 2.38. The molecule has 0 aromatic carbocycles. The summed E-state index contributed by atoms with van der Waals surface area (Å²) in [6.45, 7) is 0. The molecule has 2 aromatic heterocycles. The molecule has 0 amide bonds. The van der Waals surface area contributed by atoms with Gasteiger partial charge in [0, 0.05) is 18.3 Å². The Bertz CT molecular complexity index is 435.